The number of rotatable bonds is 2. The Bertz CT molecular complexity index is 218. The van der Waals surface area contributed by atoms with Gasteiger partial charge in [0.15, 0.2) is 0 Å². The lowest BCUT2D eigenvalue weighted by atomic mass is 9.67. The summed E-state index contributed by atoms with van der Waals surface area (Å²) in [7, 11) is 0. The average Bonchev–Trinajstić information content (AvgIpc) is 1.82. The Hall–Kier alpha value is -1.06. The third-order valence-electron chi connectivity index (χ3n) is 2.32. The van der Waals surface area contributed by atoms with Crippen LogP contribution >= 0.6 is 0 Å². The molecule has 1 aliphatic rings. The summed E-state index contributed by atoms with van der Waals surface area (Å²) >= 11 is 0. The zero-order valence-corrected chi connectivity index (χ0v) is 7.26. The largest absolute Gasteiger partial charge is 0.481 e. The minimum atomic E-state index is -0.774. The average molecular weight is 171 g/mol. The van der Waals surface area contributed by atoms with Gasteiger partial charge < -0.3 is 10.4 Å². The van der Waals surface area contributed by atoms with Crippen LogP contribution in [0.5, 0.6) is 0 Å². The van der Waals surface area contributed by atoms with E-state index < -0.39 is 11.4 Å². The number of carbonyl (C=O) groups excluding carboxylic acids is 1. The maximum absolute atomic E-state index is 10.6. The van der Waals surface area contributed by atoms with Crippen molar-refractivity contribution in [2.45, 2.75) is 32.7 Å². The number of carboxylic acids is 1. The molecule has 1 fully saturated rings. The Balaban J connectivity index is 2.37. The minimum Gasteiger partial charge on any atom is -0.481 e. The number of hydrogen-bond acceptors (Lipinski definition) is 2. The monoisotopic (exact) mass is 171 g/mol. The van der Waals surface area contributed by atoms with Crippen LogP contribution in [-0.4, -0.2) is 23.0 Å². The topological polar surface area (TPSA) is 66.4 Å². The van der Waals surface area contributed by atoms with Crippen LogP contribution in [0.2, 0.25) is 0 Å². The van der Waals surface area contributed by atoms with Gasteiger partial charge in [0.05, 0.1) is 5.41 Å². The summed E-state index contributed by atoms with van der Waals surface area (Å²) in [6, 6.07) is 0.0589. The molecule has 0 aromatic heterocycles. The van der Waals surface area contributed by atoms with Crippen LogP contribution in [0, 0.1) is 5.41 Å². The van der Waals surface area contributed by atoms with Crippen LogP contribution in [0.4, 0.5) is 0 Å². The number of nitrogens with one attached hydrogen (secondary N) is 1. The highest BCUT2D eigenvalue weighted by atomic mass is 16.4. The zero-order valence-electron chi connectivity index (χ0n) is 7.26. The summed E-state index contributed by atoms with van der Waals surface area (Å²) in [6.07, 6.45) is 1.09. The number of aliphatic carboxylic acids is 1. The van der Waals surface area contributed by atoms with E-state index in [4.69, 9.17) is 5.11 Å². The van der Waals surface area contributed by atoms with Gasteiger partial charge in [0.2, 0.25) is 5.91 Å². The fourth-order valence-electron chi connectivity index (χ4n) is 1.59. The normalized spacial score (nSPS) is 33.7. The predicted molar refractivity (Wildman–Crippen MR) is 42.6 cm³/mol. The molecule has 1 aliphatic carbocycles. The molecule has 1 saturated carbocycles. The van der Waals surface area contributed by atoms with Crippen LogP contribution in [0.25, 0.3) is 0 Å². The zero-order chi connectivity index (χ0) is 9.35. The summed E-state index contributed by atoms with van der Waals surface area (Å²) in [5.41, 5.74) is -0.618. The quantitative estimate of drug-likeness (QED) is 0.631. The van der Waals surface area contributed by atoms with E-state index in [1.165, 1.54) is 6.92 Å². The summed E-state index contributed by atoms with van der Waals surface area (Å²) < 4.78 is 0. The highest BCUT2D eigenvalue weighted by Gasteiger charge is 2.46. The highest BCUT2D eigenvalue weighted by Crippen LogP contribution is 2.40. The van der Waals surface area contributed by atoms with Gasteiger partial charge >= 0.3 is 5.97 Å². The molecular formula is C8H13NO3. The van der Waals surface area contributed by atoms with E-state index in [9.17, 15) is 9.59 Å². The number of carbonyl (C=O) groups is 2. The Morgan fingerprint density at radius 1 is 1.50 bits per heavy atom. The van der Waals surface area contributed by atoms with E-state index in [0.29, 0.717) is 12.8 Å². The molecule has 4 nitrogen and oxygen atoms in total. The summed E-state index contributed by atoms with van der Waals surface area (Å²) in [6.45, 7) is 3.14. The van der Waals surface area contributed by atoms with Crippen LogP contribution < -0.4 is 5.32 Å². The van der Waals surface area contributed by atoms with E-state index in [0.717, 1.165) is 0 Å². The Labute approximate surface area is 71.0 Å². The standard InChI is InChI=1S/C8H13NO3/c1-5(10)9-6-3-8(2,4-6)7(11)12/h6H,3-4H2,1-2H3,(H,9,10)(H,11,12)/t6-,8-. The van der Waals surface area contributed by atoms with Crippen molar-refractivity contribution in [1.29, 1.82) is 0 Å². The molecule has 0 bridgehead atoms. The molecule has 68 valence electrons. The van der Waals surface area contributed by atoms with Crippen molar-refractivity contribution in [2.24, 2.45) is 5.41 Å². The molecule has 12 heavy (non-hydrogen) atoms. The SMILES string of the molecule is CC(=O)N[C@H]1C[C@](C)(C(=O)O)C1. The lowest BCUT2D eigenvalue weighted by Crippen LogP contribution is -2.52. The van der Waals surface area contributed by atoms with E-state index >= 15 is 0 Å². The second-order valence-electron chi connectivity index (χ2n) is 3.67. The molecule has 0 aliphatic heterocycles. The lowest BCUT2D eigenvalue weighted by Gasteiger charge is -2.41. The Morgan fingerprint density at radius 2 is 2.00 bits per heavy atom. The summed E-state index contributed by atoms with van der Waals surface area (Å²) in [5, 5.41) is 11.4. The Morgan fingerprint density at radius 3 is 2.33 bits per heavy atom. The second-order valence-corrected chi connectivity index (χ2v) is 3.67. The molecule has 2 N–H and O–H groups in total. The van der Waals surface area contributed by atoms with Crippen molar-refractivity contribution in [3.63, 3.8) is 0 Å². The van der Waals surface area contributed by atoms with E-state index in [2.05, 4.69) is 5.32 Å². The first-order chi connectivity index (χ1) is 5.44. The first kappa shape index (κ1) is 9.03. The molecule has 0 unspecified atom stereocenters. The van der Waals surface area contributed by atoms with Gasteiger partial charge in [-0.3, -0.25) is 9.59 Å². The van der Waals surface area contributed by atoms with Gasteiger partial charge in [-0.25, -0.2) is 0 Å². The van der Waals surface area contributed by atoms with Crippen molar-refractivity contribution in [1.82, 2.24) is 5.32 Å². The van der Waals surface area contributed by atoms with Gasteiger partial charge in [0.1, 0.15) is 0 Å². The molecule has 0 atom stereocenters. The van der Waals surface area contributed by atoms with Crippen molar-refractivity contribution in [3.05, 3.63) is 0 Å². The van der Waals surface area contributed by atoms with Gasteiger partial charge in [-0.05, 0) is 19.8 Å². The Kier molecular flexibility index (Phi) is 2.08. The van der Waals surface area contributed by atoms with E-state index in [-0.39, 0.29) is 11.9 Å². The molecule has 0 aromatic carbocycles. The van der Waals surface area contributed by atoms with Crippen molar-refractivity contribution in [2.75, 3.05) is 0 Å². The summed E-state index contributed by atoms with van der Waals surface area (Å²) in [4.78, 5) is 21.2. The fraction of sp³-hybridized carbons (Fsp3) is 0.750. The number of carboxylic acid groups (broad SMARTS) is 1. The van der Waals surface area contributed by atoms with Gasteiger partial charge in [-0.15, -0.1) is 0 Å². The molecule has 0 aromatic rings. The third kappa shape index (κ3) is 1.57. The molecule has 0 radical (unpaired) electrons. The highest BCUT2D eigenvalue weighted by molar-refractivity contribution is 5.77. The van der Waals surface area contributed by atoms with Crippen molar-refractivity contribution < 1.29 is 14.7 Å². The lowest BCUT2D eigenvalue weighted by molar-refractivity contribution is -0.155. The van der Waals surface area contributed by atoms with Crippen molar-refractivity contribution in [3.8, 4) is 0 Å². The smallest absolute Gasteiger partial charge is 0.309 e. The summed E-state index contributed by atoms with van der Waals surface area (Å²) in [5.74, 6) is -0.864. The van der Waals surface area contributed by atoms with Gasteiger partial charge in [-0.1, -0.05) is 0 Å². The van der Waals surface area contributed by atoms with Crippen LogP contribution in [-0.2, 0) is 9.59 Å². The first-order valence-corrected chi connectivity index (χ1v) is 3.94. The maximum atomic E-state index is 10.6. The van der Waals surface area contributed by atoms with Gasteiger partial charge in [0, 0.05) is 13.0 Å². The molecule has 0 saturated heterocycles. The molecule has 4 heteroatoms. The van der Waals surface area contributed by atoms with Gasteiger partial charge in [-0.2, -0.15) is 0 Å². The minimum absolute atomic E-state index is 0.0589. The fourth-order valence-corrected chi connectivity index (χ4v) is 1.59. The molecule has 0 spiro atoms. The number of amides is 1. The maximum Gasteiger partial charge on any atom is 0.309 e. The molecule has 1 amide bonds. The van der Waals surface area contributed by atoms with E-state index in [1.807, 2.05) is 0 Å². The van der Waals surface area contributed by atoms with Crippen LogP contribution in [0.1, 0.15) is 26.7 Å². The number of hydrogen-bond donors (Lipinski definition) is 2. The van der Waals surface area contributed by atoms with Crippen molar-refractivity contribution >= 4 is 11.9 Å². The van der Waals surface area contributed by atoms with Crippen LogP contribution in [0.3, 0.4) is 0 Å². The van der Waals surface area contributed by atoms with Crippen LogP contribution in [0.15, 0.2) is 0 Å². The predicted octanol–water partition coefficient (Wildman–Crippen LogP) is 0.376. The molecule has 0 heterocycles. The van der Waals surface area contributed by atoms with E-state index in [1.54, 1.807) is 6.92 Å². The first-order valence-electron chi connectivity index (χ1n) is 3.94. The molecule has 1 rings (SSSR count). The van der Waals surface area contributed by atoms with Gasteiger partial charge in [0.25, 0.3) is 0 Å². The second kappa shape index (κ2) is 2.77. The third-order valence-corrected chi connectivity index (χ3v) is 2.32. The molecular weight excluding hydrogens is 158 g/mol.